The summed E-state index contributed by atoms with van der Waals surface area (Å²) in [4.78, 5) is 11.7. The lowest BCUT2D eigenvalue weighted by molar-refractivity contribution is -0.123. The summed E-state index contributed by atoms with van der Waals surface area (Å²) in [6.07, 6.45) is 5.88. The molecule has 1 saturated heterocycles. The second-order valence-electron chi connectivity index (χ2n) is 4.41. The molecule has 0 aromatic rings. The highest BCUT2D eigenvalue weighted by Crippen LogP contribution is 2.33. The molecule has 1 aliphatic heterocycles. The molecule has 1 unspecified atom stereocenters. The molecule has 0 spiro atoms. The summed E-state index contributed by atoms with van der Waals surface area (Å²) in [5.41, 5.74) is 0.139. The zero-order valence-electron chi connectivity index (χ0n) is 8.14. The van der Waals surface area contributed by atoms with Crippen LogP contribution in [-0.2, 0) is 4.79 Å². The van der Waals surface area contributed by atoms with E-state index < -0.39 is 0 Å². The molecule has 1 N–H and O–H groups in total. The molecule has 2 fully saturated rings. The first-order valence-electron chi connectivity index (χ1n) is 5.13. The monoisotopic (exact) mass is 199 g/mol. The Morgan fingerprint density at radius 3 is 2.69 bits per heavy atom. The van der Waals surface area contributed by atoms with Crippen LogP contribution in [0.25, 0.3) is 0 Å². The van der Waals surface area contributed by atoms with Crippen LogP contribution in [0.3, 0.4) is 0 Å². The fourth-order valence-electron chi connectivity index (χ4n) is 1.99. The average molecular weight is 199 g/mol. The summed E-state index contributed by atoms with van der Waals surface area (Å²) in [5.74, 6) is 1.44. The van der Waals surface area contributed by atoms with Gasteiger partial charge in [-0.05, 0) is 44.8 Å². The van der Waals surface area contributed by atoms with Crippen LogP contribution < -0.4 is 5.32 Å². The SMILES string of the molecule is CC1(NC(=O)C2CCCS2)CCC1. The predicted molar refractivity (Wildman–Crippen MR) is 55.9 cm³/mol. The molecule has 3 heteroatoms. The molecule has 1 atom stereocenters. The lowest BCUT2D eigenvalue weighted by atomic mass is 9.78. The maximum atomic E-state index is 11.7. The zero-order valence-corrected chi connectivity index (χ0v) is 8.95. The van der Waals surface area contributed by atoms with E-state index in [4.69, 9.17) is 0 Å². The molecule has 2 rings (SSSR count). The minimum absolute atomic E-state index is 0.139. The molecular formula is C10H17NOS. The number of carbonyl (C=O) groups is 1. The Kier molecular flexibility index (Phi) is 2.54. The van der Waals surface area contributed by atoms with Crippen LogP contribution >= 0.6 is 11.8 Å². The number of thioether (sulfide) groups is 1. The van der Waals surface area contributed by atoms with E-state index in [1.807, 2.05) is 11.8 Å². The summed E-state index contributed by atoms with van der Waals surface area (Å²) in [6.45, 7) is 2.16. The predicted octanol–water partition coefficient (Wildman–Crippen LogP) is 1.94. The number of nitrogens with one attached hydrogen (secondary N) is 1. The molecule has 1 heterocycles. The van der Waals surface area contributed by atoms with E-state index in [0.29, 0.717) is 0 Å². The highest BCUT2D eigenvalue weighted by Gasteiger charge is 2.35. The lowest BCUT2D eigenvalue weighted by Crippen LogP contribution is -2.53. The number of hydrogen-bond acceptors (Lipinski definition) is 2. The Morgan fingerprint density at radius 2 is 2.23 bits per heavy atom. The number of carbonyl (C=O) groups excluding carboxylic acids is 1. The molecule has 0 aromatic carbocycles. The fourth-order valence-corrected chi connectivity index (χ4v) is 3.16. The van der Waals surface area contributed by atoms with Crippen molar-refractivity contribution in [2.75, 3.05) is 5.75 Å². The van der Waals surface area contributed by atoms with Crippen LogP contribution in [-0.4, -0.2) is 22.4 Å². The zero-order chi connectivity index (χ0) is 9.31. The van der Waals surface area contributed by atoms with Gasteiger partial charge in [-0.15, -0.1) is 11.8 Å². The van der Waals surface area contributed by atoms with Gasteiger partial charge in [0.15, 0.2) is 0 Å². The third-order valence-corrected chi connectivity index (χ3v) is 4.48. The van der Waals surface area contributed by atoms with Gasteiger partial charge in [-0.25, -0.2) is 0 Å². The van der Waals surface area contributed by atoms with Gasteiger partial charge < -0.3 is 5.32 Å². The molecule has 1 amide bonds. The normalized spacial score (nSPS) is 31.0. The molecule has 2 aliphatic rings. The van der Waals surface area contributed by atoms with Crippen molar-refractivity contribution < 1.29 is 4.79 Å². The van der Waals surface area contributed by atoms with Crippen LogP contribution in [0.1, 0.15) is 39.0 Å². The second kappa shape index (κ2) is 3.52. The second-order valence-corrected chi connectivity index (χ2v) is 5.72. The van der Waals surface area contributed by atoms with Crippen molar-refractivity contribution in [3.05, 3.63) is 0 Å². The van der Waals surface area contributed by atoms with Gasteiger partial charge in [-0.2, -0.15) is 0 Å². The first kappa shape index (κ1) is 9.38. The van der Waals surface area contributed by atoms with Gasteiger partial charge >= 0.3 is 0 Å². The van der Waals surface area contributed by atoms with Gasteiger partial charge in [0.05, 0.1) is 5.25 Å². The van der Waals surface area contributed by atoms with Crippen molar-refractivity contribution in [3.8, 4) is 0 Å². The lowest BCUT2D eigenvalue weighted by Gasteiger charge is -2.39. The van der Waals surface area contributed by atoms with Crippen LogP contribution in [0.5, 0.6) is 0 Å². The van der Waals surface area contributed by atoms with Crippen molar-refractivity contribution in [2.45, 2.75) is 49.8 Å². The highest BCUT2D eigenvalue weighted by atomic mass is 32.2. The molecule has 2 nitrogen and oxygen atoms in total. The van der Waals surface area contributed by atoms with E-state index in [1.54, 1.807) is 0 Å². The number of amides is 1. The Bertz CT molecular complexity index is 207. The Morgan fingerprint density at radius 1 is 1.46 bits per heavy atom. The van der Waals surface area contributed by atoms with Crippen molar-refractivity contribution in [1.29, 1.82) is 0 Å². The van der Waals surface area contributed by atoms with Crippen LogP contribution in [0.15, 0.2) is 0 Å². The smallest absolute Gasteiger partial charge is 0.233 e. The van der Waals surface area contributed by atoms with E-state index in [9.17, 15) is 4.79 Å². The molecule has 0 radical (unpaired) electrons. The largest absolute Gasteiger partial charge is 0.350 e. The third kappa shape index (κ3) is 2.01. The summed E-state index contributed by atoms with van der Waals surface area (Å²) in [5, 5.41) is 3.42. The van der Waals surface area contributed by atoms with Crippen LogP contribution in [0.2, 0.25) is 0 Å². The molecule has 1 saturated carbocycles. The molecule has 0 bridgehead atoms. The molecular weight excluding hydrogens is 182 g/mol. The van der Waals surface area contributed by atoms with E-state index >= 15 is 0 Å². The topological polar surface area (TPSA) is 29.1 Å². The molecule has 74 valence electrons. The van der Waals surface area contributed by atoms with Gasteiger partial charge in [0.2, 0.25) is 5.91 Å². The number of rotatable bonds is 2. The standard InChI is InChI=1S/C10H17NOS/c1-10(5-3-6-10)11-9(12)8-4-2-7-13-8/h8H,2-7H2,1H3,(H,11,12). The van der Waals surface area contributed by atoms with E-state index in [2.05, 4.69) is 12.2 Å². The van der Waals surface area contributed by atoms with Crippen LogP contribution in [0.4, 0.5) is 0 Å². The Balaban J connectivity index is 1.83. The van der Waals surface area contributed by atoms with E-state index in [-0.39, 0.29) is 16.7 Å². The van der Waals surface area contributed by atoms with Gasteiger partial charge in [0.1, 0.15) is 0 Å². The van der Waals surface area contributed by atoms with Crippen molar-refractivity contribution in [1.82, 2.24) is 5.32 Å². The highest BCUT2D eigenvalue weighted by molar-refractivity contribution is 8.00. The summed E-state index contributed by atoms with van der Waals surface area (Å²) in [6, 6.07) is 0. The molecule has 1 aliphatic carbocycles. The third-order valence-electron chi connectivity index (χ3n) is 3.10. The van der Waals surface area contributed by atoms with Crippen molar-refractivity contribution >= 4 is 17.7 Å². The summed E-state index contributed by atoms with van der Waals surface area (Å²) >= 11 is 1.81. The minimum Gasteiger partial charge on any atom is -0.350 e. The summed E-state index contributed by atoms with van der Waals surface area (Å²) in [7, 11) is 0. The van der Waals surface area contributed by atoms with Crippen LogP contribution in [0, 0.1) is 0 Å². The molecule has 0 aromatic heterocycles. The first-order chi connectivity index (χ1) is 6.20. The van der Waals surface area contributed by atoms with E-state index in [0.717, 1.165) is 25.0 Å². The van der Waals surface area contributed by atoms with Gasteiger partial charge in [-0.3, -0.25) is 4.79 Å². The first-order valence-corrected chi connectivity index (χ1v) is 6.18. The maximum Gasteiger partial charge on any atom is 0.233 e. The fraction of sp³-hybridized carbons (Fsp3) is 0.900. The van der Waals surface area contributed by atoms with Crippen molar-refractivity contribution in [2.24, 2.45) is 0 Å². The van der Waals surface area contributed by atoms with E-state index in [1.165, 1.54) is 12.8 Å². The molecule has 13 heavy (non-hydrogen) atoms. The van der Waals surface area contributed by atoms with Gasteiger partial charge in [0.25, 0.3) is 0 Å². The van der Waals surface area contributed by atoms with Crippen molar-refractivity contribution in [3.63, 3.8) is 0 Å². The van der Waals surface area contributed by atoms with Gasteiger partial charge in [0, 0.05) is 5.54 Å². The Hall–Kier alpha value is -0.180. The minimum atomic E-state index is 0.139. The number of hydrogen-bond donors (Lipinski definition) is 1. The maximum absolute atomic E-state index is 11.7. The van der Waals surface area contributed by atoms with Gasteiger partial charge in [-0.1, -0.05) is 0 Å². The average Bonchev–Trinajstić information content (AvgIpc) is 2.53. The quantitative estimate of drug-likeness (QED) is 0.736. The Labute approximate surface area is 83.8 Å². The summed E-state index contributed by atoms with van der Waals surface area (Å²) < 4.78 is 0.